The zero-order valence-corrected chi connectivity index (χ0v) is 14.6. The summed E-state index contributed by atoms with van der Waals surface area (Å²) >= 11 is 0. The van der Waals surface area contributed by atoms with E-state index in [0.717, 1.165) is 17.3 Å². The minimum atomic E-state index is -3.83. The standard InChI is InChI=1S/C18H20FNO2S/c1-7-14-8-15(9-16(19)12(14)4)23(21,22)18-10-17(11(2)3)20(6)13(18)5/h7-10H,1-2H2,3-6H3. The first-order valence-corrected chi connectivity index (χ1v) is 8.59. The fraction of sp³-hybridized carbons (Fsp3) is 0.222. The molecule has 0 saturated carbocycles. The van der Waals surface area contributed by atoms with Crippen LogP contribution in [0.1, 0.15) is 29.4 Å². The van der Waals surface area contributed by atoms with Crippen LogP contribution in [0.25, 0.3) is 11.6 Å². The van der Waals surface area contributed by atoms with Crippen molar-refractivity contribution in [2.45, 2.75) is 30.6 Å². The summed E-state index contributed by atoms with van der Waals surface area (Å²) in [4.78, 5) is 0.0914. The highest BCUT2D eigenvalue weighted by atomic mass is 32.2. The van der Waals surface area contributed by atoms with Crippen molar-refractivity contribution in [1.82, 2.24) is 4.57 Å². The third-order valence-electron chi connectivity index (χ3n) is 4.10. The van der Waals surface area contributed by atoms with E-state index >= 15 is 0 Å². The number of sulfone groups is 1. The molecule has 1 aromatic carbocycles. The minimum Gasteiger partial charge on any atom is -0.347 e. The van der Waals surface area contributed by atoms with Crippen LogP contribution >= 0.6 is 0 Å². The Bertz CT molecular complexity index is 921. The highest BCUT2D eigenvalue weighted by molar-refractivity contribution is 7.91. The van der Waals surface area contributed by atoms with Crippen LogP contribution in [0.2, 0.25) is 0 Å². The Morgan fingerprint density at radius 3 is 2.35 bits per heavy atom. The van der Waals surface area contributed by atoms with E-state index in [0.29, 0.717) is 16.8 Å². The highest BCUT2D eigenvalue weighted by Crippen LogP contribution is 2.30. The van der Waals surface area contributed by atoms with Crippen LogP contribution < -0.4 is 0 Å². The van der Waals surface area contributed by atoms with Crippen LogP contribution in [0.4, 0.5) is 4.39 Å². The highest BCUT2D eigenvalue weighted by Gasteiger charge is 2.25. The Hall–Kier alpha value is -2.14. The molecule has 0 fully saturated rings. The van der Waals surface area contributed by atoms with Gasteiger partial charge in [-0.05, 0) is 55.7 Å². The number of rotatable bonds is 4. The second kappa shape index (κ2) is 5.81. The molecule has 23 heavy (non-hydrogen) atoms. The summed E-state index contributed by atoms with van der Waals surface area (Å²) in [5, 5.41) is 0. The van der Waals surface area contributed by atoms with Crippen molar-refractivity contribution in [2.75, 3.05) is 0 Å². The van der Waals surface area contributed by atoms with Gasteiger partial charge in [0.25, 0.3) is 0 Å². The van der Waals surface area contributed by atoms with E-state index in [1.54, 1.807) is 31.5 Å². The second-order valence-corrected chi connectivity index (χ2v) is 7.56. The molecule has 1 aromatic heterocycles. The maximum absolute atomic E-state index is 14.1. The predicted octanol–water partition coefficient (Wildman–Crippen LogP) is 4.29. The van der Waals surface area contributed by atoms with Crippen molar-refractivity contribution >= 4 is 21.5 Å². The zero-order valence-electron chi connectivity index (χ0n) is 13.8. The van der Waals surface area contributed by atoms with Crippen molar-refractivity contribution < 1.29 is 12.8 Å². The molecule has 0 aliphatic heterocycles. The Morgan fingerprint density at radius 1 is 1.26 bits per heavy atom. The quantitative estimate of drug-likeness (QED) is 0.837. The van der Waals surface area contributed by atoms with Gasteiger partial charge in [-0.25, -0.2) is 12.8 Å². The summed E-state index contributed by atoms with van der Waals surface area (Å²) in [6.45, 7) is 12.6. The first kappa shape index (κ1) is 17.2. The lowest BCUT2D eigenvalue weighted by Gasteiger charge is -2.09. The van der Waals surface area contributed by atoms with Gasteiger partial charge in [-0.15, -0.1) is 0 Å². The zero-order chi connectivity index (χ0) is 17.5. The molecule has 0 atom stereocenters. The van der Waals surface area contributed by atoms with Gasteiger partial charge in [-0.2, -0.15) is 0 Å². The monoisotopic (exact) mass is 333 g/mol. The van der Waals surface area contributed by atoms with Gasteiger partial charge in [0.15, 0.2) is 0 Å². The van der Waals surface area contributed by atoms with E-state index in [9.17, 15) is 12.8 Å². The molecule has 2 aromatic rings. The van der Waals surface area contributed by atoms with E-state index < -0.39 is 15.7 Å². The van der Waals surface area contributed by atoms with Gasteiger partial charge in [0, 0.05) is 18.4 Å². The first-order valence-electron chi connectivity index (χ1n) is 7.11. The van der Waals surface area contributed by atoms with Gasteiger partial charge in [-0.1, -0.05) is 19.2 Å². The summed E-state index contributed by atoms with van der Waals surface area (Å²) in [7, 11) is -2.05. The van der Waals surface area contributed by atoms with E-state index in [-0.39, 0.29) is 9.79 Å². The lowest BCUT2D eigenvalue weighted by molar-refractivity contribution is 0.588. The molecule has 0 aliphatic carbocycles. The lowest BCUT2D eigenvalue weighted by Crippen LogP contribution is -2.06. The molecule has 0 radical (unpaired) electrons. The molecule has 0 spiro atoms. The maximum Gasteiger partial charge on any atom is 0.208 e. The SMILES string of the molecule is C=Cc1cc(S(=O)(=O)c2cc(C(=C)C)n(C)c2C)cc(F)c1C. The fourth-order valence-electron chi connectivity index (χ4n) is 2.52. The number of hydrogen-bond donors (Lipinski definition) is 0. The van der Waals surface area contributed by atoms with Crippen molar-refractivity contribution in [2.24, 2.45) is 7.05 Å². The van der Waals surface area contributed by atoms with E-state index in [2.05, 4.69) is 13.2 Å². The van der Waals surface area contributed by atoms with Crippen LogP contribution in [0, 0.1) is 19.7 Å². The van der Waals surface area contributed by atoms with Crippen molar-refractivity contribution in [1.29, 1.82) is 0 Å². The van der Waals surface area contributed by atoms with Crippen LogP contribution in [0.15, 0.2) is 41.1 Å². The number of allylic oxidation sites excluding steroid dienone is 1. The van der Waals surface area contributed by atoms with Crippen molar-refractivity contribution in [3.63, 3.8) is 0 Å². The molecule has 0 unspecified atom stereocenters. The topological polar surface area (TPSA) is 39.1 Å². The van der Waals surface area contributed by atoms with E-state index in [4.69, 9.17) is 0 Å². The third-order valence-corrected chi connectivity index (χ3v) is 5.95. The first-order chi connectivity index (χ1) is 10.6. The van der Waals surface area contributed by atoms with Gasteiger partial charge < -0.3 is 4.57 Å². The van der Waals surface area contributed by atoms with Gasteiger partial charge in [0.05, 0.1) is 9.79 Å². The molecule has 0 amide bonds. The molecular weight excluding hydrogens is 313 g/mol. The number of hydrogen-bond acceptors (Lipinski definition) is 2. The Labute approximate surface area is 136 Å². The Kier molecular flexibility index (Phi) is 4.35. The fourth-order valence-corrected chi connectivity index (χ4v) is 4.11. The number of benzene rings is 1. The number of aromatic nitrogens is 1. The van der Waals surface area contributed by atoms with E-state index in [1.165, 1.54) is 12.1 Å². The van der Waals surface area contributed by atoms with Crippen molar-refractivity contribution in [3.05, 3.63) is 59.7 Å². The van der Waals surface area contributed by atoms with Crippen LogP contribution in [-0.2, 0) is 16.9 Å². The van der Waals surface area contributed by atoms with E-state index in [1.807, 2.05) is 6.92 Å². The summed E-state index contributed by atoms with van der Waals surface area (Å²) < 4.78 is 41.7. The van der Waals surface area contributed by atoms with Gasteiger partial charge >= 0.3 is 0 Å². The third kappa shape index (κ3) is 2.77. The van der Waals surface area contributed by atoms with Gasteiger partial charge in [0.1, 0.15) is 5.82 Å². The molecule has 0 saturated heterocycles. The van der Waals surface area contributed by atoms with Gasteiger partial charge in [0.2, 0.25) is 9.84 Å². The molecule has 5 heteroatoms. The molecule has 0 aliphatic rings. The minimum absolute atomic E-state index is 0.0718. The van der Waals surface area contributed by atoms with Crippen LogP contribution in [0.5, 0.6) is 0 Å². The molecule has 122 valence electrons. The van der Waals surface area contributed by atoms with Crippen LogP contribution in [-0.4, -0.2) is 13.0 Å². The molecule has 1 heterocycles. The lowest BCUT2D eigenvalue weighted by atomic mass is 10.1. The predicted molar refractivity (Wildman–Crippen MR) is 91.5 cm³/mol. The smallest absolute Gasteiger partial charge is 0.208 e. The normalized spacial score (nSPS) is 11.5. The Morgan fingerprint density at radius 2 is 1.87 bits per heavy atom. The second-order valence-electron chi connectivity index (χ2n) is 5.65. The summed E-state index contributed by atoms with van der Waals surface area (Å²) in [6.07, 6.45) is 1.45. The summed E-state index contributed by atoms with van der Waals surface area (Å²) in [5.41, 5.74) is 2.93. The largest absolute Gasteiger partial charge is 0.347 e. The summed E-state index contributed by atoms with van der Waals surface area (Å²) in [6, 6.07) is 4.09. The van der Waals surface area contributed by atoms with Crippen LogP contribution in [0.3, 0.4) is 0 Å². The maximum atomic E-state index is 14.1. The average Bonchev–Trinajstić information content (AvgIpc) is 2.78. The summed E-state index contributed by atoms with van der Waals surface area (Å²) in [5.74, 6) is -0.560. The molecule has 2 rings (SSSR count). The molecule has 3 nitrogen and oxygen atoms in total. The van der Waals surface area contributed by atoms with Gasteiger partial charge in [-0.3, -0.25) is 0 Å². The number of halogens is 1. The van der Waals surface area contributed by atoms with Crippen molar-refractivity contribution in [3.8, 4) is 0 Å². The molecule has 0 N–H and O–H groups in total. The number of nitrogens with zero attached hydrogens (tertiary/aromatic N) is 1. The average molecular weight is 333 g/mol. The Balaban J connectivity index is 2.74. The molecular formula is C18H20FNO2S. The molecule has 0 bridgehead atoms.